The van der Waals surface area contributed by atoms with Gasteiger partial charge in [-0.3, -0.25) is 9.59 Å². The summed E-state index contributed by atoms with van der Waals surface area (Å²) >= 11 is 1.32. The van der Waals surface area contributed by atoms with Crippen molar-refractivity contribution in [2.45, 2.75) is 32.6 Å². The number of hydrogen-bond donors (Lipinski definition) is 0. The Bertz CT molecular complexity index is 233. The van der Waals surface area contributed by atoms with Gasteiger partial charge in [0, 0.05) is 17.9 Å². The van der Waals surface area contributed by atoms with E-state index >= 15 is 0 Å². The maximum absolute atomic E-state index is 11.1. The third-order valence-corrected chi connectivity index (χ3v) is 3.08. The van der Waals surface area contributed by atoms with Crippen LogP contribution < -0.4 is 0 Å². The standard InChI is InChI=1S/C10H15NO2S/c1-2-3-4-5-8-14-11-9(12)6-7-10(11)13/h6-7H,2-5,8H2,1H3. The molecule has 0 saturated heterocycles. The zero-order chi connectivity index (χ0) is 10.4. The lowest BCUT2D eigenvalue weighted by Crippen LogP contribution is -2.22. The van der Waals surface area contributed by atoms with Crippen LogP contribution in [0.25, 0.3) is 0 Å². The van der Waals surface area contributed by atoms with E-state index in [0.29, 0.717) is 0 Å². The molecule has 0 aromatic heterocycles. The van der Waals surface area contributed by atoms with E-state index in [1.54, 1.807) is 0 Å². The van der Waals surface area contributed by atoms with Crippen LogP contribution in [-0.2, 0) is 9.59 Å². The molecule has 0 aromatic carbocycles. The van der Waals surface area contributed by atoms with Gasteiger partial charge in [0.2, 0.25) is 0 Å². The molecule has 1 rings (SSSR count). The van der Waals surface area contributed by atoms with E-state index in [2.05, 4.69) is 6.92 Å². The Labute approximate surface area is 88.7 Å². The van der Waals surface area contributed by atoms with Gasteiger partial charge in [0.1, 0.15) is 0 Å². The fourth-order valence-corrected chi connectivity index (χ4v) is 2.09. The molecule has 4 heteroatoms. The number of nitrogens with zero attached hydrogens (tertiary/aromatic N) is 1. The molecule has 0 saturated carbocycles. The zero-order valence-electron chi connectivity index (χ0n) is 8.36. The average Bonchev–Trinajstić information content (AvgIpc) is 2.48. The van der Waals surface area contributed by atoms with Crippen molar-refractivity contribution in [3.05, 3.63) is 12.2 Å². The van der Waals surface area contributed by atoms with E-state index in [1.165, 1.54) is 47.7 Å². The van der Waals surface area contributed by atoms with Crippen molar-refractivity contribution in [2.75, 3.05) is 5.75 Å². The van der Waals surface area contributed by atoms with Gasteiger partial charge in [0.15, 0.2) is 0 Å². The molecule has 0 atom stereocenters. The molecule has 2 amide bonds. The first-order chi connectivity index (χ1) is 6.75. The van der Waals surface area contributed by atoms with Crippen LogP contribution >= 0.6 is 11.9 Å². The summed E-state index contributed by atoms with van der Waals surface area (Å²) in [6.07, 6.45) is 7.31. The molecule has 0 aliphatic carbocycles. The molecular weight excluding hydrogens is 198 g/mol. The number of hydrogen-bond acceptors (Lipinski definition) is 3. The highest BCUT2D eigenvalue weighted by molar-refractivity contribution is 7.98. The van der Waals surface area contributed by atoms with Crippen LogP contribution in [0.2, 0.25) is 0 Å². The molecule has 0 fully saturated rings. The lowest BCUT2D eigenvalue weighted by atomic mass is 10.2. The van der Waals surface area contributed by atoms with E-state index in [1.807, 2.05) is 0 Å². The highest BCUT2D eigenvalue weighted by Gasteiger charge is 2.23. The molecule has 0 bridgehead atoms. The minimum absolute atomic E-state index is 0.199. The Balaban J connectivity index is 2.13. The van der Waals surface area contributed by atoms with Gasteiger partial charge in [0.25, 0.3) is 11.8 Å². The monoisotopic (exact) mass is 213 g/mol. The van der Waals surface area contributed by atoms with Gasteiger partial charge in [0.05, 0.1) is 0 Å². The third-order valence-electron chi connectivity index (χ3n) is 1.99. The van der Waals surface area contributed by atoms with E-state index in [9.17, 15) is 9.59 Å². The quantitative estimate of drug-likeness (QED) is 0.385. The van der Waals surface area contributed by atoms with Gasteiger partial charge < -0.3 is 0 Å². The van der Waals surface area contributed by atoms with Crippen molar-refractivity contribution in [3.63, 3.8) is 0 Å². The molecule has 1 aliphatic rings. The second-order valence-electron chi connectivity index (χ2n) is 3.20. The molecular formula is C10H15NO2S. The number of carbonyl (C=O) groups excluding carboxylic acids is 2. The third kappa shape index (κ3) is 3.18. The predicted molar refractivity (Wildman–Crippen MR) is 57.6 cm³/mol. The van der Waals surface area contributed by atoms with Gasteiger partial charge in [-0.25, -0.2) is 4.31 Å². The highest BCUT2D eigenvalue weighted by atomic mass is 32.2. The van der Waals surface area contributed by atoms with Crippen molar-refractivity contribution >= 4 is 23.8 Å². The summed E-state index contributed by atoms with van der Waals surface area (Å²) in [5.41, 5.74) is 0. The fraction of sp³-hybridized carbons (Fsp3) is 0.600. The van der Waals surface area contributed by atoms with Gasteiger partial charge >= 0.3 is 0 Å². The lowest BCUT2D eigenvalue weighted by molar-refractivity contribution is -0.130. The molecule has 0 spiro atoms. The smallest absolute Gasteiger partial charge is 0.263 e. The maximum atomic E-state index is 11.1. The average molecular weight is 213 g/mol. The Morgan fingerprint density at radius 1 is 1.14 bits per heavy atom. The van der Waals surface area contributed by atoms with Crippen molar-refractivity contribution in [2.24, 2.45) is 0 Å². The molecule has 0 N–H and O–H groups in total. The predicted octanol–water partition coefficient (Wildman–Crippen LogP) is 2.14. The van der Waals surface area contributed by atoms with Gasteiger partial charge in [-0.1, -0.05) is 26.2 Å². The first-order valence-electron chi connectivity index (χ1n) is 4.94. The van der Waals surface area contributed by atoms with Crippen molar-refractivity contribution in [1.29, 1.82) is 0 Å². The second-order valence-corrected chi connectivity index (χ2v) is 4.23. The van der Waals surface area contributed by atoms with Crippen LogP contribution in [-0.4, -0.2) is 21.9 Å². The maximum Gasteiger partial charge on any atom is 0.263 e. The van der Waals surface area contributed by atoms with Gasteiger partial charge in [-0.2, -0.15) is 0 Å². The Hall–Kier alpha value is -0.770. The van der Waals surface area contributed by atoms with Crippen LogP contribution in [0.4, 0.5) is 0 Å². The minimum Gasteiger partial charge on any atom is -0.268 e. The molecule has 0 unspecified atom stereocenters. The summed E-state index contributed by atoms with van der Waals surface area (Å²) in [7, 11) is 0. The van der Waals surface area contributed by atoms with Gasteiger partial charge in [-0.05, 0) is 18.4 Å². The lowest BCUT2D eigenvalue weighted by Gasteiger charge is -2.11. The Morgan fingerprint density at radius 3 is 2.36 bits per heavy atom. The van der Waals surface area contributed by atoms with Crippen LogP contribution in [0.15, 0.2) is 12.2 Å². The van der Waals surface area contributed by atoms with E-state index < -0.39 is 0 Å². The SMILES string of the molecule is CCCCCCSN1C(=O)C=CC1=O. The summed E-state index contributed by atoms with van der Waals surface area (Å²) in [4.78, 5) is 22.2. The van der Waals surface area contributed by atoms with Crippen LogP contribution in [0.3, 0.4) is 0 Å². The minimum atomic E-state index is -0.199. The Morgan fingerprint density at radius 2 is 1.79 bits per heavy atom. The first-order valence-corrected chi connectivity index (χ1v) is 5.89. The number of amides is 2. The molecule has 78 valence electrons. The van der Waals surface area contributed by atoms with Crippen LogP contribution in [0.5, 0.6) is 0 Å². The molecule has 3 nitrogen and oxygen atoms in total. The van der Waals surface area contributed by atoms with Crippen molar-refractivity contribution < 1.29 is 9.59 Å². The zero-order valence-corrected chi connectivity index (χ0v) is 9.18. The van der Waals surface area contributed by atoms with E-state index in [0.717, 1.165) is 12.2 Å². The van der Waals surface area contributed by atoms with Crippen molar-refractivity contribution in [1.82, 2.24) is 4.31 Å². The summed E-state index contributed by atoms with van der Waals surface area (Å²) in [6.45, 7) is 2.16. The second kappa shape index (κ2) is 5.86. The van der Waals surface area contributed by atoms with E-state index in [4.69, 9.17) is 0 Å². The summed E-state index contributed by atoms with van der Waals surface area (Å²) in [5.74, 6) is 0.449. The summed E-state index contributed by atoms with van der Waals surface area (Å²) in [5, 5.41) is 0. The van der Waals surface area contributed by atoms with Gasteiger partial charge in [-0.15, -0.1) is 0 Å². The molecule has 14 heavy (non-hydrogen) atoms. The summed E-state index contributed by atoms with van der Waals surface area (Å²) in [6, 6.07) is 0. The number of unbranched alkanes of at least 4 members (excludes halogenated alkanes) is 3. The molecule has 1 aliphatic heterocycles. The normalized spacial score (nSPS) is 15.6. The summed E-state index contributed by atoms with van der Waals surface area (Å²) < 4.78 is 1.23. The van der Waals surface area contributed by atoms with Crippen LogP contribution in [0, 0.1) is 0 Å². The van der Waals surface area contributed by atoms with Crippen LogP contribution in [0.1, 0.15) is 32.6 Å². The molecule has 0 radical (unpaired) electrons. The highest BCUT2D eigenvalue weighted by Crippen LogP contribution is 2.18. The van der Waals surface area contributed by atoms with E-state index in [-0.39, 0.29) is 11.8 Å². The fourth-order valence-electron chi connectivity index (χ4n) is 1.20. The topological polar surface area (TPSA) is 37.4 Å². The first kappa shape index (κ1) is 11.3. The number of imide groups is 1. The largest absolute Gasteiger partial charge is 0.268 e. The molecule has 1 heterocycles. The number of rotatable bonds is 6. The molecule has 0 aromatic rings. The number of carbonyl (C=O) groups is 2. The Kier molecular flexibility index (Phi) is 4.73. The van der Waals surface area contributed by atoms with Crippen molar-refractivity contribution in [3.8, 4) is 0 Å².